The highest BCUT2D eigenvalue weighted by Gasteiger charge is 2.22. The summed E-state index contributed by atoms with van der Waals surface area (Å²) in [5.74, 6) is 0.626. The van der Waals surface area contributed by atoms with Gasteiger partial charge in [-0.05, 0) is 42.8 Å². The minimum atomic E-state index is -0.233. The first-order valence-corrected chi connectivity index (χ1v) is 9.25. The maximum atomic E-state index is 12.4. The van der Waals surface area contributed by atoms with Crippen molar-refractivity contribution in [3.05, 3.63) is 75.1 Å². The first-order valence-electron chi connectivity index (χ1n) is 8.05. The zero-order valence-corrected chi connectivity index (χ0v) is 15.5. The monoisotopic (exact) mass is 382 g/mol. The molecule has 0 saturated carbocycles. The van der Waals surface area contributed by atoms with Gasteiger partial charge in [-0.1, -0.05) is 35.4 Å². The second-order valence-electron chi connectivity index (χ2n) is 6.00. The number of amides is 1. The van der Waals surface area contributed by atoms with Crippen LogP contribution in [-0.4, -0.2) is 12.1 Å². The van der Waals surface area contributed by atoms with Gasteiger partial charge in [0.2, 0.25) is 0 Å². The Balaban J connectivity index is 1.52. The molecule has 1 N–H and O–H groups in total. The van der Waals surface area contributed by atoms with Gasteiger partial charge in [-0.3, -0.25) is 4.79 Å². The second-order valence-corrected chi connectivity index (χ2v) is 7.49. The van der Waals surface area contributed by atoms with Gasteiger partial charge < -0.3 is 4.74 Å². The van der Waals surface area contributed by atoms with Crippen LogP contribution in [0.3, 0.4) is 0 Å². The van der Waals surface area contributed by atoms with Gasteiger partial charge in [-0.2, -0.15) is 5.10 Å². The van der Waals surface area contributed by atoms with E-state index < -0.39 is 0 Å². The summed E-state index contributed by atoms with van der Waals surface area (Å²) in [6.07, 6.45) is 1.59. The summed E-state index contributed by atoms with van der Waals surface area (Å²) >= 11 is 7.31. The molecule has 0 saturated heterocycles. The number of carbonyl (C=O) groups excluding carboxylic acids is 1. The number of ether oxygens (including phenoxy) is 1. The topological polar surface area (TPSA) is 50.7 Å². The van der Waals surface area contributed by atoms with Gasteiger partial charge in [-0.25, -0.2) is 5.43 Å². The lowest BCUT2D eigenvalue weighted by atomic mass is 10.0. The molecule has 6 heteroatoms. The lowest BCUT2D eigenvalue weighted by Crippen LogP contribution is -2.16. The fraction of sp³-hybridized carbons (Fsp3) is 0.100. The number of rotatable bonds is 3. The summed E-state index contributed by atoms with van der Waals surface area (Å²) in [4.78, 5) is 14.1. The van der Waals surface area contributed by atoms with Crippen molar-refractivity contribution in [3.8, 4) is 16.2 Å². The van der Waals surface area contributed by atoms with E-state index in [1.807, 2.05) is 37.3 Å². The molecule has 1 aliphatic heterocycles. The quantitative estimate of drug-likeness (QED) is 0.510. The van der Waals surface area contributed by atoms with Crippen LogP contribution in [0.4, 0.5) is 0 Å². The normalized spacial score (nSPS) is 12.4. The molecule has 1 amide bonds. The summed E-state index contributed by atoms with van der Waals surface area (Å²) < 4.78 is 5.78. The van der Waals surface area contributed by atoms with E-state index in [9.17, 15) is 4.79 Å². The average molecular weight is 383 g/mol. The van der Waals surface area contributed by atoms with Crippen molar-refractivity contribution >= 4 is 35.1 Å². The molecule has 4 rings (SSSR count). The van der Waals surface area contributed by atoms with Crippen LogP contribution in [0.1, 0.15) is 26.4 Å². The van der Waals surface area contributed by atoms with Crippen molar-refractivity contribution < 1.29 is 9.53 Å². The molecule has 2 aromatic carbocycles. The standard InChI is InChI=1S/C20H15ClN2O2S/c1-12-2-7-17-16(8-12)19-14(11-25-17)9-18(26-19)20(24)23-22-10-13-3-5-15(21)6-4-13/h2-10H,11H2,1H3,(H,23,24)/b22-10+. The van der Waals surface area contributed by atoms with Crippen LogP contribution in [0.25, 0.3) is 10.4 Å². The second kappa shape index (κ2) is 6.94. The van der Waals surface area contributed by atoms with E-state index in [4.69, 9.17) is 16.3 Å². The van der Waals surface area contributed by atoms with E-state index in [1.54, 1.807) is 18.3 Å². The minimum absolute atomic E-state index is 0.233. The van der Waals surface area contributed by atoms with Crippen molar-refractivity contribution in [2.45, 2.75) is 13.5 Å². The molecule has 0 radical (unpaired) electrons. The summed E-state index contributed by atoms with van der Waals surface area (Å²) in [5.41, 5.74) is 6.66. The van der Waals surface area contributed by atoms with Gasteiger partial charge in [0.25, 0.3) is 5.91 Å². The van der Waals surface area contributed by atoms with Crippen LogP contribution in [-0.2, 0) is 6.61 Å². The van der Waals surface area contributed by atoms with E-state index in [0.717, 1.165) is 32.9 Å². The number of nitrogens with one attached hydrogen (secondary N) is 1. The Morgan fingerprint density at radius 1 is 1.23 bits per heavy atom. The fourth-order valence-corrected chi connectivity index (χ4v) is 3.95. The Morgan fingerprint density at radius 3 is 2.85 bits per heavy atom. The van der Waals surface area contributed by atoms with Gasteiger partial charge in [0, 0.05) is 21.0 Å². The Kier molecular flexibility index (Phi) is 4.49. The molecule has 4 nitrogen and oxygen atoms in total. The smallest absolute Gasteiger partial charge is 0.281 e. The zero-order chi connectivity index (χ0) is 18.1. The number of thiophene rings is 1. The molecule has 2 heterocycles. The molecule has 0 atom stereocenters. The average Bonchev–Trinajstić information content (AvgIpc) is 3.08. The molecule has 0 spiro atoms. The maximum absolute atomic E-state index is 12.4. The molecule has 1 aliphatic rings. The number of hydrogen-bond donors (Lipinski definition) is 1. The predicted molar refractivity (Wildman–Crippen MR) is 105 cm³/mol. The Hall–Kier alpha value is -2.63. The lowest BCUT2D eigenvalue weighted by molar-refractivity contribution is 0.0959. The Morgan fingerprint density at radius 2 is 2.04 bits per heavy atom. The van der Waals surface area contributed by atoms with Gasteiger partial charge in [0.05, 0.1) is 11.1 Å². The predicted octanol–water partition coefficient (Wildman–Crippen LogP) is 5.03. The molecular weight excluding hydrogens is 368 g/mol. The van der Waals surface area contributed by atoms with Gasteiger partial charge in [0.1, 0.15) is 12.4 Å². The van der Waals surface area contributed by atoms with Gasteiger partial charge in [-0.15, -0.1) is 11.3 Å². The third-order valence-electron chi connectivity index (χ3n) is 4.05. The third kappa shape index (κ3) is 3.36. The highest BCUT2D eigenvalue weighted by atomic mass is 35.5. The molecule has 0 unspecified atom stereocenters. The highest BCUT2D eigenvalue weighted by Crippen LogP contribution is 2.42. The highest BCUT2D eigenvalue weighted by molar-refractivity contribution is 7.17. The van der Waals surface area contributed by atoms with Crippen molar-refractivity contribution in [2.75, 3.05) is 0 Å². The molecule has 26 heavy (non-hydrogen) atoms. The van der Waals surface area contributed by atoms with Crippen molar-refractivity contribution in [1.29, 1.82) is 0 Å². The van der Waals surface area contributed by atoms with Crippen LogP contribution in [0.5, 0.6) is 5.75 Å². The minimum Gasteiger partial charge on any atom is -0.488 e. The lowest BCUT2D eigenvalue weighted by Gasteiger charge is -2.17. The number of hydrogen-bond acceptors (Lipinski definition) is 4. The Bertz CT molecular complexity index is 1010. The number of nitrogens with zero attached hydrogens (tertiary/aromatic N) is 1. The number of hydrazone groups is 1. The maximum Gasteiger partial charge on any atom is 0.281 e. The van der Waals surface area contributed by atoms with E-state index in [0.29, 0.717) is 16.5 Å². The van der Waals surface area contributed by atoms with E-state index in [1.165, 1.54) is 11.3 Å². The zero-order valence-electron chi connectivity index (χ0n) is 14.0. The summed E-state index contributed by atoms with van der Waals surface area (Å²) in [7, 11) is 0. The first-order chi connectivity index (χ1) is 12.6. The molecular formula is C20H15ClN2O2S. The summed E-state index contributed by atoms with van der Waals surface area (Å²) in [5, 5.41) is 4.68. The van der Waals surface area contributed by atoms with E-state index in [-0.39, 0.29) is 5.91 Å². The molecule has 130 valence electrons. The largest absolute Gasteiger partial charge is 0.488 e. The summed E-state index contributed by atoms with van der Waals surface area (Å²) in [6, 6.07) is 15.2. The summed E-state index contributed by atoms with van der Waals surface area (Å²) in [6.45, 7) is 2.52. The number of benzene rings is 2. The number of fused-ring (bicyclic) bond motifs is 3. The van der Waals surface area contributed by atoms with Crippen LogP contribution in [0, 0.1) is 6.92 Å². The number of carbonyl (C=O) groups is 1. The van der Waals surface area contributed by atoms with E-state index in [2.05, 4.69) is 16.6 Å². The van der Waals surface area contributed by atoms with Crippen LogP contribution in [0.15, 0.2) is 53.6 Å². The van der Waals surface area contributed by atoms with E-state index >= 15 is 0 Å². The fourth-order valence-electron chi connectivity index (χ4n) is 2.75. The molecule has 0 fully saturated rings. The van der Waals surface area contributed by atoms with Crippen LogP contribution in [0.2, 0.25) is 5.02 Å². The molecule has 0 bridgehead atoms. The molecule has 3 aromatic rings. The number of aryl methyl sites for hydroxylation is 1. The number of halogens is 1. The van der Waals surface area contributed by atoms with Crippen molar-refractivity contribution in [2.24, 2.45) is 5.10 Å². The van der Waals surface area contributed by atoms with Gasteiger partial charge >= 0.3 is 0 Å². The van der Waals surface area contributed by atoms with Gasteiger partial charge in [0.15, 0.2) is 0 Å². The van der Waals surface area contributed by atoms with Crippen LogP contribution >= 0.6 is 22.9 Å². The molecule has 0 aliphatic carbocycles. The SMILES string of the molecule is Cc1ccc2c(c1)-c1sc(C(=O)N/N=C/c3ccc(Cl)cc3)cc1CO2. The van der Waals surface area contributed by atoms with Crippen LogP contribution < -0.4 is 10.2 Å². The third-order valence-corrected chi connectivity index (χ3v) is 5.51. The van der Waals surface area contributed by atoms with Crippen molar-refractivity contribution in [1.82, 2.24) is 5.43 Å². The first kappa shape index (κ1) is 16.8. The van der Waals surface area contributed by atoms with Crippen molar-refractivity contribution in [3.63, 3.8) is 0 Å². The Labute approximate surface area is 160 Å². The molecule has 1 aromatic heterocycles.